The highest BCUT2D eigenvalue weighted by Gasteiger charge is 2.20. The minimum atomic E-state index is -0.605. The maximum Gasteiger partial charge on any atom is 0.197 e. The average Bonchev–Trinajstić information content (AvgIpc) is 3.03. The maximum absolute atomic E-state index is 13.0. The Hall–Kier alpha value is -3.12. The minimum absolute atomic E-state index is 0.0730. The zero-order valence-corrected chi connectivity index (χ0v) is 18.8. The lowest BCUT2D eigenvalue weighted by Crippen LogP contribution is -2.28. The Morgan fingerprint density at radius 1 is 1.06 bits per heavy atom. The van der Waals surface area contributed by atoms with E-state index in [1.807, 2.05) is 48.5 Å². The molecule has 1 aliphatic heterocycles. The molecule has 33 heavy (non-hydrogen) atoms. The summed E-state index contributed by atoms with van der Waals surface area (Å²) in [5.74, 6) is 0.811. The number of rotatable bonds is 5. The molecule has 0 spiro atoms. The molecule has 0 saturated heterocycles. The summed E-state index contributed by atoms with van der Waals surface area (Å²) < 4.78 is 11.6. The van der Waals surface area contributed by atoms with Crippen molar-refractivity contribution in [3.05, 3.63) is 110 Å². The van der Waals surface area contributed by atoms with Gasteiger partial charge in [-0.25, -0.2) is 0 Å². The van der Waals surface area contributed by atoms with Gasteiger partial charge in [0.05, 0.1) is 17.8 Å². The van der Waals surface area contributed by atoms with Crippen molar-refractivity contribution in [1.82, 2.24) is 4.90 Å². The Kier molecular flexibility index (Phi) is 6.18. The van der Waals surface area contributed by atoms with Crippen LogP contribution in [0.25, 0.3) is 11.0 Å². The van der Waals surface area contributed by atoms with Crippen LogP contribution < -0.4 is 10.2 Å². The van der Waals surface area contributed by atoms with E-state index in [9.17, 15) is 9.90 Å². The number of hydrogen-bond donors (Lipinski definition) is 1. The molecule has 168 valence electrons. The van der Waals surface area contributed by atoms with Crippen LogP contribution in [-0.2, 0) is 19.5 Å². The first-order chi connectivity index (χ1) is 16.1. The quantitative estimate of drug-likeness (QED) is 0.447. The molecule has 0 fully saturated rings. The summed E-state index contributed by atoms with van der Waals surface area (Å²) in [5.41, 5.74) is 3.95. The molecule has 1 N–H and O–H groups in total. The highest BCUT2D eigenvalue weighted by molar-refractivity contribution is 6.31. The van der Waals surface area contributed by atoms with Gasteiger partial charge in [-0.2, -0.15) is 0 Å². The van der Waals surface area contributed by atoms with Crippen LogP contribution in [0, 0.1) is 0 Å². The minimum Gasteiger partial charge on any atom is -0.492 e. The third-order valence-electron chi connectivity index (χ3n) is 6.00. The molecule has 0 aliphatic carbocycles. The van der Waals surface area contributed by atoms with Gasteiger partial charge in [0.1, 0.15) is 17.9 Å². The summed E-state index contributed by atoms with van der Waals surface area (Å²) in [7, 11) is 0. The van der Waals surface area contributed by atoms with Gasteiger partial charge in [-0.3, -0.25) is 9.69 Å². The summed E-state index contributed by atoms with van der Waals surface area (Å²) >= 11 is 6.08. The van der Waals surface area contributed by atoms with Gasteiger partial charge in [0.2, 0.25) is 0 Å². The van der Waals surface area contributed by atoms with Crippen LogP contribution >= 0.6 is 11.6 Å². The van der Waals surface area contributed by atoms with Gasteiger partial charge in [-0.1, -0.05) is 48.0 Å². The van der Waals surface area contributed by atoms with Crippen LogP contribution in [0.1, 0.15) is 28.4 Å². The Morgan fingerprint density at radius 2 is 1.91 bits per heavy atom. The summed E-state index contributed by atoms with van der Waals surface area (Å²) in [5, 5.41) is 11.8. The topological polar surface area (TPSA) is 62.9 Å². The second-order valence-electron chi connectivity index (χ2n) is 8.36. The SMILES string of the molecule is O=c1c(CN2CCOc3ccc([C@H](O)Cc4ccccc4)cc3C2)coc2ccc(Cl)cc12. The van der Waals surface area contributed by atoms with E-state index >= 15 is 0 Å². The number of nitrogens with zero attached hydrogens (tertiary/aromatic N) is 1. The van der Waals surface area contributed by atoms with Crippen LogP contribution in [-0.4, -0.2) is 23.2 Å². The fraction of sp³-hybridized carbons (Fsp3) is 0.222. The number of hydrogen-bond acceptors (Lipinski definition) is 5. The van der Waals surface area contributed by atoms with Crippen LogP contribution in [0.5, 0.6) is 5.75 Å². The van der Waals surface area contributed by atoms with Gasteiger partial charge < -0.3 is 14.3 Å². The highest BCUT2D eigenvalue weighted by atomic mass is 35.5. The molecule has 0 amide bonds. The van der Waals surface area contributed by atoms with E-state index in [1.165, 1.54) is 6.26 Å². The van der Waals surface area contributed by atoms with Crippen LogP contribution in [0.4, 0.5) is 0 Å². The number of fused-ring (bicyclic) bond motifs is 2. The first-order valence-electron chi connectivity index (χ1n) is 11.0. The largest absolute Gasteiger partial charge is 0.492 e. The predicted molar refractivity (Wildman–Crippen MR) is 129 cm³/mol. The first-order valence-corrected chi connectivity index (χ1v) is 11.3. The predicted octanol–water partition coefficient (Wildman–Crippen LogP) is 5.12. The summed E-state index contributed by atoms with van der Waals surface area (Å²) in [6, 6.07) is 20.9. The number of aliphatic hydroxyl groups excluding tert-OH is 1. The summed E-state index contributed by atoms with van der Waals surface area (Å²) in [4.78, 5) is 15.1. The molecule has 1 atom stereocenters. The third-order valence-corrected chi connectivity index (χ3v) is 6.24. The number of ether oxygens (including phenoxy) is 1. The molecule has 6 heteroatoms. The molecule has 0 radical (unpaired) electrons. The molecule has 0 unspecified atom stereocenters. The van der Waals surface area contributed by atoms with Crippen LogP contribution in [0.15, 0.2) is 82.2 Å². The standard InChI is InChI=1S/C27H24ClNO4/c28-22-7-9-26-23(14-22)27(31)21(17-33-26)16-29-10-11-32-25-8-6-19(13-20(25)15-29)24(30)12-18-4-2-1-3-5-18/h1-9,13-14,17,24,30H,10-12,15-16H2/t24-/m1/s1. The molecule has 0 saturated carbocycles. The van der Waals surface area contributed by atoms with E-state index in [-0.39, 0.29) is 5.43 Å². The normalized spacial score (nSPS) is 15.0. The van der Waals surface area contributed by atoms with Gasteiger partial charge in [-0.15, -0.1) is 0 Å². The van der Waals surface area contributed by atoms with Gasteiger partial charge >= 0.3 is 0 Å². The van der Waals surface area contributed by atoms with E-state index in [1.54, 1.807) is 18.2 Å². The van der Waals surface area contributed by atoms with Crippen molar-refractivity contribution < 1.29 is 14.3 Å². The van der Waals surface area contributed by atoms with Crippen LogP contribution in [0.3, 0.4) is 0 Å². The zero-order chi connectivity index (χ0) is 22.8. The van der Waals surface area contributed by atoms with E-state index in [2.05, 4.69) is 4.90 Å². The smallest absolute Gasteiger partial charge is 0.197 e. The fourth-order valence-corrected chi connectivity index (χ4v) is 4.43. The van der Waals surface area contributed by atoms with Crippen molar-refractivity contribution in [3.63, 3.8) is 0 Å². The van der Waals surface area contributed by atoms with Crippen molar-refractivity contribution in [1.29, 1.82) is 0 Å². The van der Waals surface area contributed by atoms with Gasteiger partial charge in [0.15, 0.2) is 5.43 Å². The van der Waals surface area contributed by atoms with Crippen molar-refractivity contribution in [3.8, 4) is 5.75 Å². The van der Waals surface area contributed by atoms with Gasteiger partial charge in [-0.05, 0) is 41.5 Å². The second-order valence-corrected chi connectivity index (χ2v) is 8.80. The molecule has 5 nitrogen and oxygen atoms in total. The van der Waals surface area contributed by atoms with E-state index < -0.39 is 6.10 Å². The first kappa shape index (κ1) is 21.7. The molecule has 1 aromatic heterocycles. The Bertz CT molecular complexity index is 1340. The molecule has 4 aromatic rings. The lowest BCUT2D eigenvalue weighted by molar-refractivity contribution is 0.178. The molecule has 3 aromatic carbocycles. The van der Waals surface area contributed by atoms with E-state index in [4.69, 9.17) is 20.8 Å². The van der Waals surface area contributed by atoms with Crippen molar-refractivity contribution in [2.24, 2.45) is 0 Å². The number of benzene rings is 3. The Balaban J connectivity index is 1.37. The van der Waals surface area contributed by atoms with Gasteiger partial charge in [0.25, 0.3) is 0 Å². The highest BCUT2D eigenvalue weighted by Crippen LogP contribution is 2.29. The van der Waals surface area contributed by atoms with Crippen molar-refractivity contribution >= 4 is 22.6 Å². The fourth-order valence-electron chi connectivity index (χ4n) is 4.26. The van der Waals surface area contributed by atoms with E-state index in [0.717, 1.165) is 22.4 Å². The van der Waals surface area contributed by atoms with Crippen molar-refractivity contribution in [2.45, 2.75) is 25.6 Å². The monoisotopic (exact) mass is 461 g/mol. The van der Waals surface area contributed by atoms with E-state index in [0.29, 0.717) is 54.2 Å². The van der Waals surface area contributed by atoms with Crippen molar-refractivity contribution in [2.75, 3.05) is 13.2 Å². The molecule has 1 aliphatic rings. The maximum atomic E-state index is 13.0. The van der Waals surface area contributed by atoms with Crippen LogP contribution in [0.2, 0.25) is 5.02 Å². The molecule has 2 heterocycles. The lowest BCUT2D eigenvalue weighted by Gasteiger charge is -2.19. The number of halogens is 1. The Morgan fingerprint density at radius 3 is 2.76 bits per heavy atom. The molecular formula is C27H24ClNO4. The zero-order valence-electron chi connectivity index (χ0n) is 18.0. The second kappa shape index (κ2) is 9.40. The number of aliphatic hydroxyl groups is 1. The summed E-state index contributed by atoms with van der Waals surface area (Å²) in [6.07, 6.45) is 1.47. The molecular weight excluding hydrogens is 438 g/mol. The third kappa shape index (κ3) is 4.81. The molecule has 0 bridgehead atoms. The van der Waals surface area contributed by atoms with Gasteiger partial charge in [0, 0.05) is 42.2 Å². The Labute approximate surface area is 196 Å². The average molecular weight is 462 g/mol. The summed E-state index contributed by atoms with van der Waals surface area (Å²) in [6.45, 7) is 2.23. The lowest BCUT2D eigenvalue weighted by atomic mass is 9.99. The molecule has 5 rings (SSSR count).